The average Bonchev–Trinajstić information content (AvgIpc) is 3.39. The van der Waals surface area contributed by atoms with Gasteiger partial charge in [-0.25, -0.2) is 0 Å². The zero-order valence-electron chi connectivity index (χ0n) is 31.9. The van der Waals surface area contributed by atoms with Crippen LogP contribution in [0.1, 0.15) is 25.0 Å². The van der Waals surface area contributed by atoms with Gasteiger partial charge in [-0.2, -0.15) is 0 Å². The summed E-state index contributed by atoms with van der Waals surface area (Å²) in [5.41, 5.74) is 17.7. The van der Waals surface area contributed by atoms with Crippen LogP contribution in [0.25, 0.3) is 66.4 Å². The number of rotatable bonds is 5. The maximum absolute atomic E-state index is 7.10. The number of fused-ring (bicyclic) bond motifs is 10. The van der Waals surface area contributed by atoms with Crippen molar-refractivity contribution in [3.8, 4) is 67.1 Å². The number of benzene rings is 9. The zero-order chi connectivity index (χ0) is 38.1. The van der Waals surface area contributed by atoms with Crippen molar-refractivity contribution in [2.75, 3.05) is 4.90 Å². The summed E-state index contributed by atoms with van der Waals surface area (Å²) in [6, 6.07) is 72.5. The highest BCUT2D eigenvalue weighted by Crippen LogP contribution is 2.53. The Balaban J connectivity index is 1.08. The molecule has 2 heteroatoms. The average molecular weight is 730 g/mol. The monoisotopic (exact) mass is 729 g/mol. The van der Waals surface area contributed by atoms with Gasteiger partial charge in [0.1, 0.15) is 11.5 Å². The van der Waals surface area contributed by atoms with E-state index in [4.69, 9.17) is 4.74 Å². The number of nitrogens with zero attached hydrogens (tertiary/aromatic N) is 1. The highest BCUT2D eigenvalue weighted by Gasteiger charge is 2.36. The van der Waals surface area contributed by atoms with Crippen molar-refractivity contribution in [1.82, 2.24) is 0 Å². The van der Waals surface area contributed by atoms with Crippen LogP contribution in [0, 0.1) is 0 Å². The van der Waals surface area contributed by atoms with Crippen molar-refractivity contribution < 1.29 is 4.74 Å². The smallest absolute Gasteiger partial charge is 0.137 e. The van der Waals surface area contributed by atoms with E-state index in [1.54, 1.807) is 0 Å². The van der Waals surface area contributed by atoms with E-state index < -0.39 is 0 Å². The van der Waals surface area contributed by atoms with Gasteiger partial charge in [0, 0.05) is 39.7 Å². The largest absolute Gasteiger partial charge is 0.456 e. The van der Waals surface area contributed by atoms with Crippen LogP contribution in [-0.2, 0) is 5.41 Å². The van der Waals surface area contributed by atoms with Crippen LogP contribution in [0.4, 0.5) is 17.1 Å². The first-order valence-electron chi connectivity index (χ1n) is 19.8. The number of anilines is 3. The third-order valence-electron chi connectivity index (χ3n) is 12.1. The van der Waals surface area contributed by atoms with Gasteiger partial charge >= 0.3 is 0 Å². The molecule has 0 saturated carbocycles. The molecule has 57 heavy (non-hydrogen) atoms. The van der Waals surface area contributed by atoms with Gasteiger partial charge in [0.05, 0.1) is 0 Å². The molecule has 0 fully saturated rings. The molecular weight excluding hydrogens is 691 g/mol. The maximum atomic E-state index is 7.10. The van der Waals surface area contributed by atoms with E-state index >= 15 is 0 Å². The molecule has 0 amide bonds. The van der Waals surface area contributed by atoms with Crippen molar-refractivity contribution in [3.05, 3.63) is 211 Å². The van der Waals surface area contributed by atoms with Crippen LogP contribution >= 0.6 is 0 Å². The summed E-state index contributed by atoms with van der Waals surface area (Å²) in [6.45, 7) is 4.69. The second-order valence-corrected chi connectivity index (χ2v) is 15.7. The van der Waals surface area contributed by atoms with Crippen LogP contribution in [0.5, 0.6) is 11.5 Å². The molecule has 0 aromatic heterocycles. The van der Waals surface area contributed by atoms with Gasteiger partial charge in [0.2, 0.25) is 0 Å². The van der Waals surface area contributed by atoms with Gasteiger partial charge in [-0.1, -0.05) is 159 Å². The Labute approximate surface area is 333 Å². The van der Waals surface area contributed by atoms with E-state index in [1.165, 1.54) is 60.8 Å². The molecule has 9 aromatic carbocycles. The van der Waals surface area contributed by atoms with Crippen molar-refractivity contribution in [3.63, 3.8) is 0 Å². The first-order chi connectivity index (χ1) is 28.0. The molecule has 0 spiro atoms. The van der Waals surface area contributed by atoms with Crippen LogP contribution in [0.3, 0.4) is 0 Å². The summed E-state index contributed by atoms with van der Waals surface area (Å²) in [7, 11) is 0. The fraction of sp³-hybridized carbons (Fsp3) is 0.0545. The minimum atomic E-state index is -0.127. The van der Waals surface area contributed by atoms with Gasteiger partial charge < -0.3 is 9.64 Å². The number of hydrogen-bond donors (Lipinski definition) is 0. The van der Waals surface area contributed by atoms with Crippen molar-refractivity contribution in [1.29, 1.82) is 0 Å². The zero-order valence-corrected chi connectivity index (χ0v) is 31.9. The fourth-order valence-corrected chi connectivity index (χ4v) is 9.20. The second-order valence-electron chi connectivity index (χ2n) is 15.7. The molecule has 1 aliphatic heterocycles. The van der Waals surface area contributed by atoms with E-state index in [-0.39, 0.29) is 5.41 Å². The molecule has 1 heterocycles. The van der Waals surface area contributed by atoms with E-state index in [0.29, 0.717) is 0 Å². The molecule has 0 saturated heterocycles. The lowest BCUT2D eigenvalue weighted by Gasteiger charge is -2.29. The fourth-order valence-electron chi connectivity index (χ4n) is 9.20. The molecule has 0 N–H and O–H groups in total. The molecule has 1 aliphatic carbocycles. The Bertz CT molecular complexity index is 3000. The van der Waals surface area contributed by atoms with Gasteiger partial charge in [0.25, 0.3) is 0 Å². The quantitative estimate of drug-likeness (QED) is 0.175. The van der Waals surface area contributed by atoms with Gasteiger partial charge in [0.15, 0.2) is 0 Å². The second kappa shape index (κ2) is 13.0. The number of ether oxygens (including phenoxy) is 1. The minimum absolute atomic E-state index is 0.127. The molecular formula is C55H39NO. The molecule has 2 aliphatic rings. The summed E-state index contributed by atoms with van der Waals surface area (Å²) in [5, 5.41) is 2.36. The first-order valence-corrected chi connectivity index (χ1v) is 19.8. The third kappa shape index (κ3) is 5.40. The van der Waals surface area contributed by atoms with Gasteiger partial charge in [-0.15, -0.1) is 0 Å². The van der Waals surface area contributed by atoms with E-state index in [1.807, 2.05) is 0 Å². The standard InChI is InChI=1S/C55H39NO/c1-55(2)50-20-12-11-18-45(50)46-30-28-42(34-51(46)55)56(41-26-23-38(24-27-41)36-13-5-3-6-14-36)43-29-31-47-44-17-9-10-19-48(44)54-49-33-40(37-15-7-4-8-16-37)22-21-39(49)25-32-52(54)57-53(47)35-43/h3-35H,1-2H3. The Morgan fingerprint density at radius 1 is 0.368 bits per heavy atom. The highest BCUT2D eigenvalue weighted by molar-refractivity contribution is 6.06. The van der Waals surface area contributed by atoms with Crippen molar-refractivity contribution in [2.45, 2.75) is 19.3 Å². The molecule has 2 nitrogen and oxygen atoms in total. The summed E-state index contributed by atoms with van der Waals surface area (Å²) in [4.78, 5) is 2.38. The first kappa shape index (κ1) is 33.2. The van der Waals surface area contributed by atoms with Crippen LogP contribution in [0.2, 0.25) is 0 Å². The minimum Gasteiger partial charge on any atom is -0.456 e. The van der Waals surface area contributed by atoms with Crippen molar-refractivity contribution in [2.24, 2.45) is 0 Å². The molecule has 270 valence electrons. The molecule has 0 unspecified atom stereocenters. The van der Waals surface area contributed by atoms with E-state index in [9.17, 15) is 0 Å². The predicted molar refractivity (Wildman–Crippen MR) is 238 cm³/mol. The normalized spacial score (nSPS) is 13.0. The van der Waals surface area contributed by atoms with E-state index in [0.717, 1.165) is 45.3 Å². The summed E-state index contributed by atoms with van der Waals surface area (Å²) >= 11 is 0. The topological polar surface area (TPSA) is 12.5 Å². The Morgan fingerprint density at radius 3 is 1.67 bits per heavy atom. The number of hydrogen-bond acceptors (Lipinski definition) is 2. The lowest BCUT2D eigenvalue weighted by atomic mass is 9.82. The van der Waals surface area contributed by atoms with E-state index in [2.05, 4.69) is 219 Å². The summed E-state index contributed by atoms with van der Waals surface area (Å²) in [5.74, 6) is 1.68. The van der Waals surface area contributed by atoms with Crippen molar-refractivity contribution >= 4 is 27.8 Å². The predicted octanol–water partition coefficient (Wildman–Crippen LogP) is 15.4. The molecule has 0 bridgehead atoms. The Morgan fingerprint density at radius 2 is 0.912 bits per heavy atom. The SMILES string of the molecule is CC1(C)c2ccccc2-c2ccc(N(c3ccc(-c4ccccc4)cc3)c3ccc4c(c3)Oc3ccc5ccc(-c6ccccc6)cc5c3-c3ccccc3-4)cc21. The Hall–Kier alpha value is -7.16. The summed E-state index contributed by atoms with van der Waals surface area (Å²) < 4.78 is 7.10. The lowest BCUT2D eigenvalue weighted by Crippen LogP contribution is -2.16. The lowest BCUT2D eigenvalue weighted by molar-refractivity contribution is 0.488. The molecule has 9 aromatic rings. The summed E-state index contributed by atoms with van der Waals surface area (Å²) in [6.07, 6.45) is 0. The van der Waals surface area contributed by atoms with Gasteiger partial charge in [-0.05, 0) is 115 Å². The van der Waals surface area contributed by atoms with Crippen LogP contribution in [0.15, 0.2) is 200 Å². The molecule has 0 atom stereocenters. The third-order valence-corrected chi connectivity index (χ3v) is 12.1. The maximum Gasteiger partial charge on any atom is 0.137 e. The van der Waals surface area contributed by atoms with Crippen LogP contribution < -0.4 is 9.64 Å². The molecule has 11 rings (SSSR count). The van der Waals surface area contributed by atoms with Gasteiger partial charge in [-0.3, -0.25) is 0 Å². The molecule has 0 radical (unpaired) electrons. The van der Waals surface area contributed by atoms with Crippen LogP contribution in [-0.4, -0.2) is 0 Å². The Kier molecular flexibility index (Phi) is 7.55. The highest BCUT2D eigenvalue weighted by atomic mass is 16.5.